The van der Waals surface area contributed by atoms with Crippen LogP contribution in [-0.4, -0.2) is 70.8 Å². The van der Waals surface area contributed by atoms with Crippen LogP contribution in [0.25, 0.3) is 22.2 Å². The molecule has 1 atom stereocenters. The molecule has 0 spiro atoms. The lowest BCUT2D eigenvalue weighted by Gasteiger charge is -2.39. The van der Waals surface area contributed by atoms with Crippen LogP contribution in [0.3, 0.4) is 0 Å². The van der Waals surface area contributed by atoms with Gasteiger partial charge in [-0.3, -0.25) is 4.90 Å². The summed E-state index contributed by atoms with van der Waals surface area (Å²) in [6.45, 7) is 7.35. The lowest BCUT2D eigenvalue weighted by atomic mass is 9.87. The fraction of sp³-hybridized carbons (Fsp3) is 0.500. The minimum atomic E-state index is -3.35. The van der Waals surface area contributed by atoms with Gasteiger partial charge in [-0.2, -0.15) is 4.31 Å². The fourth-order valence-corrected chi connectivity index (χ4v) is 7.47. The number of aromatic amines is 1. The van der Waals surface area contributed by atoms with Crippen LogP contribution in [0.15, 0.2) is 30.6 Å². The van der Waals surface area contributed by atoms with Crippen molar-refractivity contribution < 1.29 is 22.7 Å². The largest absolute Gasteiger partial charge is 0.444 e. The van der Waals surface area contributed by atoms with Gasteiger partial charge in [0.25, 0.3) is 0 Å². The molecular formula is C28H33ClN4O5S. The molecule has 9 nitrogen and oxygen atoms in total. The first-order valence-electron chi connectivity index (χ1n) is 13.4. The minimum Gasteiger partial charge on any atom is -0.444 e. The van der Waals surface area contributed by atoms with E-state index in [1.807, 2.05) is 32.9 Å². The third kappa shape index (κ3) is 5.15. The van der Waals surface area contributed by atoms with E-state index in [1.54, 1.807) is 21.6 Å². The molecule has 3 aliphatic rings. The number of H-pyrrole nitrogens is 1. The monoisotopic (exact) mass is 572 g/mol. The molecule has 2 aliphatic heterocycles. The molecule has 1 saturated heterocycles. The van der Waals surface area contributed by atoms with Gasteiger partial charge in [-0.1, -0.05) is 17.7 Å². The van der Waals surface area contributed by atoms with Gasteiger partial charge in [-0.25, -0.2) is 18.2 Å². The van der Waals surface area contributed by atoms with Gasteiger partial charge in [0.1, 0.15) is 11.2 Å². The van der Waals surface area contributed by atoms with Gasteiger partial charge < -0.3 is 14.5 Å². The number of benzene rings is 1. The average Bonchev–Trinajstić information content (AvgIpc) is 3.71. The van der Waals surface area contributed by atoms with Crippen molar-refractivity contribution in [2.24, 2.45) is 0 Å². The second kappa shape index (κ2) is 9.76. The first kappa shape index (κ1) is 26.6. The number of amides is 1. The Morgan fingerprint density at radius 1 is 1.18 bits per heavy atom. The SMILES string of the molecule is CC(C)(C)OC(=O)N1CCOCC1c1cc(-c2cnc3[nH]cc(Cl)c3c2)cc2c1CN(S(=O)(=O)C1CC1)CC2. The van der Waals surface area contributed by atoms with Gasteiger partial charge >= 0.3 is 6.09 Å². The number of fused-ring (bicyclic) bond motifs is 2. The molecule has 1 aliphatic carbocycles. The zero-order chi connectivity index (χ0) is 27.5. The minimum absolute atomic E-state index is 0.276. The summed E-state index contributed by atoms with van der Waals surface area (Å²) in [5.41, 5.74) is 4.77. The van der Waals surface area contributed by atoms with Gasteiger partial charge in [-0.15, -0.1) is 0 Å². The van der Waals surface area contributed by atoms with E-state index in [0.717, 1.165) is 46.0 Å². The summed E-state index contributed by atoms with van der Waals surface area (Å²) in [5.74, 6) is 0. The van der Waals surface area contributed by atoms with E-state index in [2.05, 4.69) is 16.0 Å². The first-order chi connectivity index (χ1) is 18.5. The number of nitrogens with one attached hydrogen (secondary N) is 1. The summed E-state index contributed by atoms with van der Waals surface area (Å²) < 4.78 is 39.6. The number of ether oxygens (including phenoxy) is 2. The van der Waals surface area contributed by atoms with Crippen molar-refractivity contribution >= 4 is 38.8 Å². The molecule has 1 amide bonds. The number of rotatable bonds is 4. The van der Waals surface area contributed by atoms with Crippen LogP contribution < -0.4 is 0 Å². The number of aromatic nitrogens is 2. The highest BCUT2D eigenvalue weighted by molar-refractivity contribution is 7.90. The van der Waals surface area contributed by atoms with Crippen molar-refractivity contribution in [3.63, 3.8) is 0 Å². The van der Waals surface area contributed by atoms with Crippen molar-refractivity contribution in [2.75, 3.05) is 26.3 Å². The number of hydrogen-bond acceptors (Lipinski definition) is 6. The molecule has 0 bridgehead atoms. The normalized spacial score (nSPS) is 20.7. The van der Waals surface area contributed by atoms with Crippen LogP contribution in [-0.2, 0) is 32.5 Å². The molecule has 1 aromatic carbocycles. The Morgan fingerprint density at radius 2 is 1.97 bits per heavy atom. The highest BCUT2D eigenvalue weighted by Gasteiger charge is 2.42. The van der Waals surface area contributed by atoms with E-state index < -0.39 is 27.8 Å². The van der Waals surface area contributed by atoms with E-state index in [-0.39, 0.29) is 11.8 Å². The number of pyridine rings is 1. The Balaban J connectivity index is 1.46. The number of morpholine rings is 1. The van der Waals surface area contributed by atoms with Crippen LogP contribution in [0.1, 0.15) is 56.3 Å². The van der Waals surface area contributed by atoms with Crippen LogP contribution in [0.2, 0.25) is 5.02 Å². The summed E-state index contributed by atoms with van der Waals surface area (Å²) in [7, 11) is -3.35. The third-order valence-corrected chi connectivity index (χ3v) is 10.2. The molecule has 11 heteroatoms. The zero-order valence-corrected chi connectivity index (χ0v) is 23.9. The van der Waals surface area contributed by atoms with Crippen LogP contribution in [0, 0.1) is 0 Å². The van der Waals surface area contributed by atoms with Crippen molar-refractivity contribution in [3.8, 4) is 11.1 Å². The van der Waals surface area contributed by atoms with E-state index in [4.69, 9.17) is 21.1 Å². The van der Waals surface area contributed by atoms with Crippen molar-refractivity contribution in [2.45, 2.75) is 63.5 Å². The molecule has 2 fully saturated rings. The second-order valence-electron chi connectivity index (χ2n) is 11.6. The highest BCUT2D eigenvalue weighted by Crippen LogP contribution is 2.40. The zero-order valence-electron chi connectivity index (χ0n) is 22.4. The predicted molar refractivity (Wildman–Crippen MR) is 149 cm³/mol. The maximum absolute atomic E-state index is 13.3. The Labute approximate surface area is 233 Å². The Morgan fingerprint density at radius 3 is 2.72 bits per heavy atom. The predicted octanol–water partition coefficient (Wildman–Crippen LogP) is 5.04. The Hall–Kier alpha value is -2.66. The lowest BCUT2D eigenvalue weighted by Crippen LogP contribution is -2.46. The van der Waals surface area contributed by atoms with Gasteiger partial charge in [0.2, 0.25) is 10.0 Å². The number of nitrogens with zero attached hydrogens (tertiary/aromatic N) is 3. The molecule has 1 saturated carbocycles. The molecule has 208 valence electrons. The topological polar surface area (TPSA) is 105 Å². The molecule has 4 heterocycles. The smallest absolute Gasteiger partial charge is 0.410 e. The van der Waals surface area contributed by atoms with Gasteiger partial charge in [0.05, 0.1) is 29.5 Å². The van der Waals surface area contributed by atoms with E-state index in [1.165, 1.54) is 0 Å². The lowest BCUT2D eigenvalue weighted by molar-refractivity contribution is -0.0333. The third-order valence-electron chi connectivity index (χ3n) is 7.58. The second-order valence-corrected chi connectivity index (χ2v) is 14.2. The van der Waals surface area contributed by atoms with Crippen LogP contribution in [0.4, 0.5) is 4.79 Å². The Kier molecular flexibility index (Phi) is 6.65. The molecule has 0 radical (unpaired) electrons. The molecule has 1 unspecified atom stereocenters. The number of carbonyl (C=O) groups is 1. The van der Waals surface area contributed by atoms with Gasteiger partial charge in [-0.05, 0) is 74.4 Å². The fourth-order valence-electron chi connectivity index (χ4n) is 5.46. The van der Waals surface area contributed by atoms with Gasteiger partial charge in [0, 0.05) is 43.0 Å². The van der Waals surface area contributed by atoms with Crippen molar-refractivity contribution in [1.82, 2.24) is 19.2 Å². The van der Waals surface area contributed by atoms with E-state index >= 15 is 0 Å². The highest BCUT2D eigenvalue weighted by atomic mass is 35.5. The summed E-state index contributed by atoms with van der Waals surface area (Å²) in [5, 5.41) is 1.14. The first-order valence-corrected chi connectivity index (χ1v) is 15.2. The van der Waals surface area contributed by atoms with Crippen molar-refractivity contribution in [3.05, 3.63) is 52.3 Å². The Bertz CT molecular complexity index is 1540. The standard InChI is InChI=1S/C28H33ClN4O5S/c1-28(2,3)38-27(34)33-8-9-37-16-25(33)21-11-18(19-12-22-24(29)14-31-26(22)30-13-19)10-17-6-7-32(15-23(17)21)39(35,36)20-4-5-20/h10-14,20,25H,4-9,15-16H2,1-3H3,(H,30,31). The number of halogens is 1. The average molecular weight is 573 g/mol. The number of carbonyl (C=O) groups excluding carboxylic acids is 1. The van der Waals surface area contributed by atoms with Crippen LogP contribution in [0.5, 0.6) is 0 Å². The molecule has 6 rings (SSSR count). The molecule has 39 heavy (non-hydrogen) atoms. The summed E-state index contributed by atoms with van der Waals surface area (Å²) in [6.07, 6.45) is 5.14. The van der Waals surface area contributed by atoms with Crippen molar-refractivity contribution in [1.29, 1.82) is 0 Å². The number of sulfonamides is 1. The maximum atomic E-state index is 13.3. The molecule has 3 aromatic rings. The maximum Gasteiger partial charge on any atom is 0.410 e. The molecule has 1 N–H and O–H groups in total. The summed E-state index contributed by atoms with van der Waals surface area (Å²) in [4.78, 5) is 22.6. The molecule has 2 aromatic heterocycles. The molecular weight excluding hydrogens is 540 g/mol. The van der Waals surface area contributed by atoms with E-state index in [0.29, 0.717) is 43.4 Å². The van der Waals surface area contributed by atoms with E-state index in [9.17, 15) is 13.2 Å². The van der Waals surface area contributed by atoms with Gasteiger partial charge in [0.15, 0.2) is 0 Å². The number of hydrogen-bond donors (Lipinski definition) is 1. The van der Waals surface area contributed by atoms with Crippen LogP contribution >= 0.6 is 11.6 Å². The summed E-state index contributed by atoms with van der Waals surface area (Å²) in [6, 6.07) is 5.75. The quantitative estimate of drug-likeness (QED) is 0.469. The summed E-state index contributed by atoms with van der Waals surface area (Å²) >= 11 is 6.39.